The molecule has 2 aliphatic heterocycles. The number of carbonyl (C=O) groups is 6. The van der Waals surface area contributed by atoms with Crippen LogP contribution in [-0.2, 0) is 23.9 Å². The molecule has 0 spiro atoms. The van der Waals surface area contributed by atoms with E-state index in [2.05, 4.69) is 10.6 Å². The number of thioether (sulfide) groups is 1. The van der Waals surface area contributed by atoms with Crippen molar-refractivity contribution in [3.05, 3.63) is 74.6 Å². The van der Waals surface area contributed by atoms with E-state index < -0.39 is 59.9 Å². The maximum Gasteiger partial charge on any atom is 0.404 e. The molecule has 2 unspecified atom stereocenters. The van der Waals surface area contributed by atoms with Crippen molar-refractivity contribution in [1.29, 1.82) is 0 Å². The van der Waals surface area contributed by atoms with Gasteiger partial charge in [-0.05, 0) is 35.2 Å². The Labute approximate surface area is 252 Å². The third-order valence-electron chi connectivity index (χ3n) is 6.22. The van der Waals surface area contributed by atoms with Gasteiger partial charge in [0.05, 0.1) is 0 Å². The van der Waals surface area contributed by atoms with Gasteiger partial charge in [0.25, 0.3) is 11.8 Å². The predicted molar refractivity (Wildman–Crippen MR) is 154 cm³/mol. The Morgan fingerprint density at radius 1 is 1.24 bits per heavy atom. The zero-order valence-corrected chi connectivity index (χ0v) is 24.2. The second-order valence-electron chi connectivity index (χ2n) is 8.94. The molecule has 1 saturated heterocycles. The number of hydrogen-bond acceptors (Lipinski definition) is 9. The summed E-state index contributed by atoms with van der Waals surface area (Å²) in [6.45, 7) is -0.398. The van der Waals surface area contributed by atoms with Crippen LogP contribution in [0.25, 0.3) is 6.08 Å². The summed E-state index contributed by atoms with van der Waals surface area (Å²) >= 11 is 8.21. The van der Waals surface area contributed by atoms with Crippen LogP contribution in [0.15, 0.2) is 59.1 Å². The normalized spacial score (nSPS) is 18.5. The van der Waals surface area contributed by atoms with E-state index in [1.807, 2.05) is 0 Å². The van der Waals surface area contributed by atoms with Crippen LogP contribution in [0.1, 0.15) is 16.5 Å². The lowest BCUT2D eigenvalue weighted by molar-refractivity contribution is -0.151. The fourth-order valence-corrected chi connectivity index (χ4v) is 6.31. The number of thiophene rings is 1. The van der Waals surface area contributed by atoms with Crippen LogP contribution in [0.2, 0.25) is 5.02 Å². The molecule has 5 N–H and O–H groups in total. The van der Waals surface area contributed by atoms with Crippen LogP contribution in [0.3, 0.4) is 0 Å². The highest BCUT2D eigenvalue weighted by atomic mass is 35.5. The molecule has 2 aromatic rings. The fourth-order valence-electron chi connectivity index (χ4n) is 4.08. The number of carboxylic acids is 1. The topological polar surface area (TPSA) is 188 Å². The first-order chi connectivity index (χ1) is 20.0. The van der Waals surface area contributed by atoms with Gasteiger partial charge in [-0.25, -0.2) is 14.4 Å². The lowest BCUT2D eigenvalue weighted by atomic mass is 10.0. The zero-order chi connectivity index (χ0) is 30.6. The molecule has 3 atom stereocenters. The molecule has 1 aromatic carbocycles. The van der Waals surface area contributed by atoms with Crippen LogP contribution in [0, 0.1) is 0 Å². The van der Waals surface area contributed by atoms with Gasteiger partial charge in [-0.15, -0.1) is 23.1 Å². The number of halogens is 1. The number of nitrogens with one attached hydrogen (secondary N) is 2. The number of hydrogen-bond donors (Lipinski definition) is 4. The van der Waals surface area contributed by atoms with Gasteiger partial charge in [0.1, 0.15) is 29.8 Å². The number of ether oxygens (including phenoxy) is 1. The zero-order valence-electron chi connectivity index (χ0n) is 21.8. The second kappa shape index (κ2) is 13.1. The summed E-state index contributed by atoms with van der Waals surface area (Å²) in [5, 5.41) is 16.3. The molecule has 6 amide bonds. The molecular weight excluding hydrogens is 610 g/mol. The monoisotopic (exact) mass is 633 g/mol. The number of carbonyl (C=O) groups excluding carboxylic acids is 5. The van der Waals surface area contributed by atoms with Gasteiger partial charge in [-0.2, -0.15) is 0 Å². The van der Waals surface area contributed by atoms with Gasteiger partial charge in [0.15, 0.2) is 0 Å². The van der Waals surface area contributed by atoms with Gasteiger partial charge < -0.3 is 26.2 Å². The molecule has 1 aromatic heterocycles. The Morgan fingerprint density at radius 2 is 1.95 bits per heavy atom. The third-order valence-corrected chi connectivity index (χ3v) is 8.75. The van der Waals surface area contributed by atoms with Gasteiger partial charge in [-0.3, -0.25) is 24.2 Å². The van der Waals surface area contributed by atoms with Crippen LogP contribution < -0.4 is 16.4 Å². The highest BCUT2D eigenvalue weighted by Crippen LogP contribution is 2.40. The highest BCUT2D eigenvalue weighted by molar-refractivity contribution is 8.00. The van der Waals surface area contributed by atoms with E-state index in [1.165, 1.54) is 42.3 Å². The summed E-state index contributed by atoms with van der Waals surface area (Å²) in [7, 11) is 1.25. The largest absolute Gasteiger partial charge is 0.477 e. The van der Waals surface area contributed by atoms with Crippen molar-refractivity contribution in [3.8, 4) is 0 Å². The highest BCUT2D eigenvalue weighted by Gasteiger charge is 2.54. The van der Waals surface area contributed by atoms with E-state index in [9.17, 15) is 33.9 Å². The summed E-state index contributed by atoms with van der Waals surface area (Å²) in [5.41, 5.74) is 5.50. The molecule has 0 radical (unpaired) electrons. The molecule has 4 rings (SSSR count). The number of nitrogens with two attached hydrogens (primary N) is 1. The first-order valence-electron chi connectivity index (χ1n) is 12.2. The summed E-state index contributed by atoms with van der Waals surface area (Å²) in [6, 6.07) is 6.78. The predicted octanol–water partition coefficient (Wildman–Crippen LogP) is 2.16. The Hall–Kier alpha value is -4.34. The molecule has 13 nitrogen and oxygen atoms in total. The summed E-state index contributed by atoms with van der Waals surface area (Å²) in [6.07, 6.45) is 1.61. The Kier molecular flexibility index (Phi) is 9.55. The summed E-state index contributed by atoms with van der Waals surface area (Å²) in [5.74, 6) is -3.36. The molecular formula is C26H24ClN5O8S2. The average Bonchev–Trinajstić information content (AvgIpc) is 3.50. The number of fused-ring (bicyclic) bond motifs is 1. The molecule has 42 heavy (non-hydrogen) atoms. The molecule has 3 heterocycles. The average molecular weight is 634 g/mol. The summed E-state index contributed by atoms with van der Waals surface area (Å²) < 4.78 is 4.70. The minimum atomic E-state index is -1.40. The molecule has 16 heteroatoms. The number of imide groups is 1. The number of nitrogens with zero attached hydrogens (tertiary/aromatic N) is 2. The molecule has 0 bridgehead atoms. The first-order valence-corrected chi connectivity index (χ1v) is 14.5. The molecule has 2 aliphatic rings. The number of likely N-dealkylation sites (N-methyl/N-ethyl adjacent to an activating group) is 1. The van der Waals surface area contributed by atoms with Crippen molar-refractivity contribution in [3.63, 3.8) is 0 Å². The molecule has 0 aliphatic carbocycles. The number of rotatable bonds is 9. The van der Waals surface area contributed by atoms with E-state index in [0.29, 0.717) is 15.5 Å². The van der Waals surface area contributed by atoms with Gasteiger partial charge in [0, 0.05) is 34.3 Å². The molecule has 220 valence electrons. The van der Waals surface area contributed by atoms with Gasteiger partial charge in [-0.1, -0.05) is 29.8 Å². The second-order valence-corrected chi connectivity index (χ2v) is 11.5. The lowest BCUT2D eigenvalue weighted by Crippen LogP contribution is -2.71. The maximum atomic E-state index is 13.4. The smallest absolute Gasteiger partial charge is 0.404 e. The van der Waals surface area contributed by atoms with E-state index in [0.717, 1.165) is 9.80 Å². The number of primary amides is 1. The number of amides is 6. The van der Waals surface area contributed by atoms with E-state index >= 15 is 0 Å². The van der Waals surface area contributed by atoms with Gasteiger partial charge >= 0.3 is 18.1 Å². The minimum absolute atomic E-state index is 0.108. The molecule has 0 saturated carbocycles. The van der Waals surface area contributed by atoms with Crippen molar-refractivity contribution in [2.75, 3.05) is 19.4 Å². The number of urea groups is 1. The van der Waals surface area contributed by atoms with E-state index in [-0.39, 0.29) is 17.0 Å². The first kappa shape index (κ1) is 30.6. The number of carboxylic acid groups (broad SMARTS) is 1. The minimum Gasteiger partial charge on any atom is -0.477 e. The summed E-state index contributed by atoms with van der Waals surface area (Å²) in [4.78, 5) is 77.0. The Balaban J connectivity index is 1.44. The van der Waals surface area contributed by atoms with E-state index in [1.54, 1.807) is 41.8 Å². The SMILES string of the molecule is CN(C(=O)C=Cc1ccc(Cl)cc1)C(=O)NC(C(=O)NC1C(=O)N2C(C(=O)O)=C(COC(N)=O)CS[C@@H]12)c1cccs1. The van der Waals surface area contributed by atoms with Crippen molar-refractivity contribution >= 4 is 76.6 Å². The van der Waals surface area contributed by atoms with Crippen LogP contribution in [-0.4, -0.2) is 81.5 Å². The number of β-lactam (4-membered cyclic amide) rings is 1. The lowest BCUT2D eigenvalue weighted by Gasteiger charge is -2.49. The van der Waals surface area contributed by atoms with Crippen LogP contribution >= 0.6 is 34.7 Å². The van der Waals surface area contributed by atoms with Crippen molar-refractivity contribution in [2.45, 2.75) is 17.5 Å². The standard InChI is InChI=1S/C26H24ClN5O8S2/c1-31(17(33)9-6-13-4-7-15(27)8-5-13)26(39)30-18(16-3-2-10-41-16)21(34)29-19-22(35)32-20(24(36)37)14(11-40-25(28)38)12-42-23(19)32/h2-10,18-19,23H,11-12H2,1H3,(H2,28,38)(H,29,34)(H,30,39)(H,36,37)/t18?,19?,23-/m0/s1. The van der Waals surface area contributed by atoms with Crippen molar-refractivity contribution in [2.24, 2.45) is 5.73 Å². The third kappa shape index (κ3) is 6.75. The fraction of sp³-hybridized carbons (Fsp3) is 0.231. The van der Waals surface area contributed by atoms with Crippen LogP contribution in [0.4, 0.5) is 9.59 Å². The molecule has 1 fully saturated rings. The van der Waals surface area contributed by atoms with E-state index in [4.69, 9.17) is 22.1 Å². The Morgan fingerprint density at radius 3 is 2.57 bits per heavy atom. The van der Waals surface area contributed by atoms with Gasteiger partial charge in [0.2, 0.25) is 5.91 Å². The van der Waals surface area contributed by atoms with Crippen LogP contribution in [0.5, 0.6) is 0 Å². The van der Waals surface area contributed by atoms with Crippen molar-refractivity contribution in [1.82, 2.24) is 20.4 Å². The maximum absolute atomic E-state index is 13.4. The number of aliphatic carboxylic acids is 1. The quantitative estimate of drug-likeness (QED) is 0.237. The number of benzene rings is 1. The van der Waals surface area contributed by atoms with Crippen molar-refractivity contribution < 1.29 is 38.6 Å². The Bertz CT molecular complexity index is 1480.